The third-order valence-corrected chi connectivity index (χ3v) is 2.96. The summed E-state index contributed by atoms with van der Waals surface area (Å²) in [6.45, 7) is 1.41. The molecule has 1 N–H and O–H groups in total. The van der Waals surface area contributed by atoms with Crippen molar-refractivity contribution in [1.82, 2.24) is 0 Å². The van der Waals surface area contributed by atoms with Crippen molar-refractivity contribution >= 4 is 11.6 Å². The van der Waals surface area contributed by atoms with Gasteiger partial charge in [-0.25, -0.2) is 13.2 Å². The molecule has 0 spiro atoms. The number of hydrogen-bond acceptors (Lipinski definition) is 3. The van der Waals surface area contributed by atoms with Gasteiger partial charge in [0.05, 0.1) is 17.3 Å². The van der Waals surface area contributed by atoms with Crippen LogP contribution in [0.1, 0.15) is 12.5 Å². The van der Waals surface area contributed by atoms with E-state index in [4.69, 9.17) is 10.00 Å². The van der Waals surface area contributed by atoms with Crippen molar-refractivity contribution in [1.29, 1.82) is 5.26 Å². The van der Waals surface area contributed by atoms with E-state index in [1.807, 2.05) is 6.07 Å². The summed E-state index contributed by atoms with van der Waals surface area (Å²) >= 11 is 0. The summed E-state index contributed by atoms with van der Waals surface area (Å²) in [5.41, 5.74) is -0.0532. The molecule has 7 heteroatoms. The minimum absolute atomic E-state index is 0.331. The fourth-order valence-corrected chi connectivity index (χ4v) is 1.72. The topological polar surface area (TPSA) is 62.1 Å². The highest BCUT2D eigenvalue weighted by Crippen LogP contribution is 2.20. The van der Waals surface area contributed by atoms with Gasteiger partial charge in [-0.15, -0.1) is 0 Å². The van der Waals surface area contributed by atoms with Gasteiger partial charge in [0.1, 0.15) is 5.75 Å². The van der Waals surface area contributed by atoms with Crippen LogP contribution in [-0.2, 0) is 4.79 Å². The van der Waals surface area contributed by atoms with Gasteiger partial charge in [-0.3, -0.25) is 4.79 Å². The van der Waals surface area contributed by atoms with Gasteiger partial charge in [-0.05, 0) is 43.3 Å². The quantitative estimate of drug-likeness (QED) is 0.879. The zero-order valence-corrected chi connectivity index (χ0v) is 11.9. The SMILES string of the molecule is C[C@H](Oc1ccc(C#N)cc1)C(=O)Nc1ccc(F)c(F)c1F. The van der Waals surface area contributed by atoms with Gasteiger partial charge >= 0.3 is 0 Å². The molecule has 4 nitrogen and oxygen atoms in total. The standard InChI is InChI=1S/C16H11F3N2O2/c1-9(23-11-4-2-10(8-20)3-5-11)16(22)21-13-7-6-12(17)14(18)15(13)19/h2-7,9H,1H3,(H,21,22)/t9-/m0/s1. The van der Waals surface area contributed by atoms with Crippen LogP contribution in [0.15, 0.2) is 36.4 Å². The van der Waals surface area contributed by atoms with Gasteiger partial charge < -0.3 is 10.1 Å². The Kier molecular flexibility index (Phi) is 4.86. The third kappa shape index (κ3) is 3.80. The maximum Gasteiger partial charge on any atom is 0.265 e. The van der Waals surface area contributed by atoms with E-state index < -0.39 is 35.2 Å². The smallest absolute Gasteiger partial charge is 0.265 e. The average Bonchev–Trinajstić information content (AvgIpc) is 2.56. The van der Waals surface area contributed by atoms with Crippen molar-refractivity contribution in [2.75, 3.05) is 5.32 Å². The number of anilines is 1. The number of nitrogens with one attached hydrogen (secondary N) is 1. The molecule has 0 unspecified atom stereocenters. The average molecular weight is 320 g/mol. The van der Waals surface area contributed by atoms with E-state index in [1.54, 1.807) is 0 Å². The molecule has 0 aliphatic rings. The summed E-state index contributed by atoms with van der Waals surface area (Å²) in [4.78, 5) is 11.9. The van der Waals surface area contributed by atoms with Crippen LogP contribution in [0.25, 0.3) is 0 Å². The Hall–Kier alpha value is -3.01. The van der Waals surface area contributed by atoms with Crippen LogP contribution < -0.4 is 10.1 Å². The van der Waals surface area contributed by atoms with Gasteiger partial charge in [0.25, 0.3) is 5.91 Å². The van der Waals surface area contributed by atoms with Crippen molar-refractivity contribution in [3.8, 4) is 11.8 Å². The number of amides is 1. The van der Waals surface area contributed by atoms with Crippen LogP contribution in [0.3, 0.4) is 0 Å². The van der Waals surface area contributed by atoms with Gasteiger partial charge in [0, 0.05) is 0 Å². The molecule has 2 rings (SSSR count). The number of halogens is 3. The molecule has 2 aromatic carbocycles. The lowest BCUT2D eigenvalue weighted by Crippen LogP contribution is -2.30. The number of nitrogens with zero attached hydrogens (tertiary/aromatic N) is 1. The molecule has 0 heterocycles. The zero-order valence-electron chi connectivity index (χ0n) is 11.9. The van der Waals surface area contributed by atoms with Gasteiger partial charge in [-0.1, -0.05) is 0 Å². The van der Waals surface area contributed by atoms with Crippen LogP contribution in [0, 0.1) is 28.8 Å². The second kappa shape index (κ2) is 6.83. The van der Waals surface area contributed by atoms with E-state index in [1.165, 1.54) is 31.2 Å². The Morgan fingerprint density at radius 1 is 1.13 bits per heavy atom. The molecule has 0 aliphatic heterocycles. The van der Waals surface area contributed by atoms with Crippen LogP contribution in [0.2, 0.25) is 0 Å². The van der Waals surface area contributed by atoms with Crippen molar-refractivity contribution in [3.05, 3.63) is 59.4 Å². The third-order valence-electron chi connectivity index (χ3n) is 2.96. The molecule has 0 fully saturated rings. The van der Waals surface area contributed by atoms with E-state index in [0.717, 1.165) is 6.07 Å². The molecular formula is C16H11F3N2O2. The first-order valence-electron chi connectivity index (χ1n) is 6.53. The summed E-state index contributed by atoms with van der Waals surface area (Å²) in [7, 11) is 0. The second-order valence-corrected chi connectivity index (χ2v) is 4.61. The van der Waals surface area contributed by atoms with Crippen LogP contribution in [0.4, 0.5) is 18.9 Å². The Morgan fingerprint density at radius 3 is 2.39 bits per heavy atom. The number of carbonyl (C=O) groups excluding carboxylic acids is 1. The summed E-state index contributed by atoms with van der Waals surface area (Å²) in [6, 6.07) is 9.58. The number of ether oxygens (including phenoxy) is 1. The highest BCUT2D eigenvalue weighted by molar-refractivity contribution is 5.94. The molecule has 0 saturated carbocycles. The summed E-state index contributed by atoms with van der Waals surface area (Å²) in [6.07, 6.45) is -1.02. The van der Waals surface area contributed by atoms with Gasteiger partial charge in [0.15, 0.2) is 23.6 Å². The largest absolute Gasteiger partial charge is 0.481 e. The highest BCUT2D eigenvalue weighted by Gasteiger charge is 2.19. The van der Waals surface area contributed by atoms with E-state index in [-0.39, 0.29) is 0 Å². The first kappa shape index (κ1) is 16.4. The fourth-order valence-electron chi connectivity index (χ4n) is 1.72. The highest BCUT2D eigenvalue weighted by atomic mass is 19.2. The summed E-state index contributed by atoms with van der Waals surface area (Å²) in [5.74, 6) is -4.90. The van der Waals surface area contributed by atoms with Crippen LogP contribution in [0.5, 0.6) is 5.75 Å². The summed E-state index contributed by atoms with van der Waals surface area (Å²) < 4.78 is 44.8. The summed E-state index contributed by atoms with van der Waals surface area (Å²) in [5, 5.41) is 10.8. The molecular weight excluding hydrogens is 309 g/mol. The molecule has 1 amide bonds. The normalized spacial score (nSPS) is 11.4. The van der Waals surface area contributed by atoms with Gasteiger partial charge in [0.2, 0.25) is 0 Å². The molecule has 0 bridgehead atoms. The molecule has 23 heavy (non-hydrogen) atoms. The van der Waals surface area contributed by atoms with E-state index in [0.29, 0.717) is 17.4 Å². The maximum absolute atomic E-state index is 13.5. The van der Waals surface area contributed by atoms with Crippen molar-refractivity contribution in [2.24, 2.45) is 0 Å². The molecule has 0 aromatic heterocycles. The van der Waals surface area contributed by atoms with Crippen molar-refractivity contribution in [3.63, 3.8) is 0 Å². The van der Waals surface area contributed by atoms with Crippen LogP contribution in [-0.4, -0.2) is 12.0 Å². The van der Waals surface area contributed by atoms with Gasteiger partial charge in [-0.2, -0.15) is 5.26 Å². The monoisotopic (exact) mass is 320 g/mol. The molecule has 0 saturated heterocycles. The van der Waals surface area contributed by atoms with E-state index >= 15 is 0 Å². The Morgan fingerprint density at radius 2 is 1.78 bits per heavy atom. The zero-order chi connectivity index (χ0) is 17.0. The number of benzene rings is 2. The molecule has 2 aromatic rings. The number of rotatable bonds is 4. The second-order valence-electron chi connectivity index (χ2n) is 4.61. The minimum atomic E-state index is -1.66. The minimum Gasteiger partial charge on any atom is -0.481 e. The first-order valence-corrected chi connectivity index (χ1v) is 6.53. The predicted octanol–water partition coefficient (Wildman–Crippen LogP) is 3.38. The lowest BCUT2D eigenvalue weighted by molar-refractivity contribution is -0.122. The molecule has 118 valence electrons. The van der Waals surface area contributed by atoms with E-state index in [9.17, 15) is 18.0 Å². The Bertz CT molecular complexity index is 770. The van der Waals surface area contributed by atoms with E-state index in [2.05, 4.69) is 5.32 Å². The number of carbonyl (C=O) groups is 1. The maximum atomic E-state index is 13.5. The predicted molar refractivity (Wildman–Crippen MR) is 76.2 cm³/mol. The Balaban J connectivity index is 2.05. The molecule has 0 aliphatic carbocycles. The van der Waals surface area contributed by atoms with Crippen LogP contribution >= 0.6 is 0 Å². The first-order chi connectivity index (χ1) is 10.9. The Labute approximate surface area is 130 Å². The molecule has 0 radical (unpaired) electrons. The fraction of sp³-hybridized carbons (Fsp3) is 0.125. The number of nitriles is 1. The van der Waals surface area contributed by atoms with Crippen molar-refractivity contribution in [2.45, 2.75) is 13.0 Å². The lowest BCUT2D eigenvalue weighted by atomic mass is 10.2. The number of hydrogen-bond donors (Lipinski definition) is 1. The lowest BCUT2D eigenvalue weighted by Gasteiger charge is -2.15. The molecule has 1 atom stereocenters. The van der Waals surface area contributed by atoms with Crippen molar-refractivity contribution < 1.29 is 22.7 Å².